The van der Waals surface area contributed by atoms with Gasteiger partial charge in [0.1, 0.15) is 12.4 Å². The second kappa shape index (κ2) is 7.71. The second-order valence-corrected chi connectivity index (χ2v) is 5.77. The number of carboxylic acid groups (broad SMARTS) is 1. The lowest BCUT2D eigenvalue weighted by Crippen LogP contribution is -2.18. The van der Waals surface area contributed by atoms with Crippen LogP contribution in [0.2, 0.25) is 0 Å². The van der Waals surface area contributed by atoms with Crippen molar-refractivity contribution in [3.05, 3.63) is 24.3 Å². The number of sulfonamides is 1. The number of hydrogen-bond acceptors (Lipinski definition) is 5. The van der Waals surface area contributed by atoms with E-state index in [4.69, 9.17) is 14.6 Å². The SMILES string of the molecule is COCCOc1ccc(NS(=O)(=O)CCC(=O)O)cc1. The zero-order valence-electron chi connectivity index (χ0n) is 11.0. The van der Waals surface area contributed by atoms with Crippen LogP contribution in [-0.2, 0) is 19.6 Å². The first-order valence-electron chi connectivity index (χ1n) is 5.87. The minimum Gasteiger partial charge on any atom is -0.491 e. The fraction of sp³-hybridized carbons (Fsp3) is 0.417. The summed E-state index contributed by atoms with van der Waals surface area (Å²) in [5.41, 5.74) is 0.356. The number of methoxy groups -OCH3 is 1. The molecule has 0 spiro atoms. The van der Waals surface area contributed by atoms with Crippen molar-refractivity contribution in [2.45, 2.75) is 6.42 Å². The van der Waals surface area contributed by atoms with Crippen molar-refractivity contribution >= 4 is 21.7 Å². The van der Waals surface area contributed by atoms with Gasteiger partial charge in [-0.3, -0.25) is 9.52 Å². The van der Waals surface area contributed by atoms with Gasteiger partial charge in [0.2, 0.25) is 10.0 Å². The lowest BCUT2D eigenvalue weighted by atomic mass is 10.3. The highest BCUT2D eigenvalue weighted by Gasteiger charge is 2.12. The van der Waals surface area contributed by atoms with Crippen LogP contribution < -0.4 is 9.46 Å². The molecule has 0 unspecified atom stereocenters. The van der Waals surface area contributed by atoms with Crippen LogP contribution in [0.25, 0.3) is 0 Å². The average molecular weight is 303 g/mol. The molecule has 0 amide bonds. The molecule has 112 valence electrons. The van der Waals surface area contributed by atoms with Gasteiger partial charge in [0.25, 0.3) is 0 Å². The lowest BCUT2D eigenvalue weighted by molar-refractivity contribution is -0.136. The maximum absolute atomic E-state index is 11.6. The second-order valence-electron chi connectivity index (χ2n) is 3.93. The number of nitrogens with one attached hydrogen (secondary N) is 1. The number of ether oxygens (including phenoxy) is 2. The van der Waals surface area contributed by atoms with Crippen LogP contribution in [0.4, 0.5) is 5.69 Å². The summed E-state index contributed by atoms with van der Waals surface area (Å²) in [6, 6.07) is 6.32. The van der Waals surface area contributed by atoms with Gasteiger partial charge in [0.15, 0.2) is 0 Å². The number of carbonyl (C=O) groups is 1. The molecule has 0 bridgehead atoms. The minimum absolute atomic E-state index is 0.356. The Balaban J connectivity index is 2.54. The van der Waals surface area contributed by atoms with Gasteiger partial charge in [-0.05, 0) is 24.3 Å². The summed E-state index contributed by atoms with van der Waals surface area (Å²) in [4.78, 5) is 10.3. The van der Waals surface area contributed by atoms with Crippen molar-refractivity contribution < 1.29 is 27.8 Å². The van der Waals surface area contributed by atoms with Gasteiger partial charge in [-0.2, -0.15) is 0 Å². The standard InChI is InChI=1S/C12H17NO6S/c1-18-7-8-19-11-4-2-10(3-5-11)13-20(16,17)9-6-12(14)15/h2-5,13H,6-9H2,1H3,(H,14,15). The predicted molar refractivity (Wildman–Crippen MR) is 73.5 cm³/mol. The van der Waals surface area contributed by atoms with Gasteiger partial charge in [0.05, 0.1) is 18.8 Å². The summed E-state index contributed by atoms with van der Waals surface area (Å²) in [6.07, 6.45) is -0.437. The van der Waals surface area contributed by atoms with Crippen LogP contribution in [0.15, 0.2) is 24.3 Å². The van der Waals surface area contributed by atoms with E-state index in [0.717, 1.165) is 0 Å². The Labute approximate surface area is 117 Å². The molecule has 7 nitrogen and oxygen atoms in total. The van der Waals surface area contributed by atoms with E-state index in [1.54, 1.807) is 31.4 Å². The van der Waals surface area contributed by atoms with Crippen molar-refractivity contribution in [3.63, 3.8) is 0 Å². The third kappa shape index (κ3) is 6.39. The van der Waals surface area contributed by atoms with Crippen molar-refractivity contribution in [1.82, 2.24) is 0 Å². The van der Waals surface area contributed by atoms with Gasteiger partial charge in [-0.25, -0.2) is 8.42 Å². The monoisotopic (exact) mass is 303 g/mol. The average Bonchev–Trinajstić information content (AvgIpc) is 2.39. The van der Waals surface area contributed by atoms with E-state index >= 15 is 0 Å². The van der Waals surface area contributed by atoms with Crippen LogP contribution in [-0.4, -0.2) is 45.6 Å². The molecule has 0 saturated heterocycles. The number of carboxylic acids is 1. The van der Waals surface area contributed by atoms with Crippen molar-refractivity contribution in [2.24, 2.45) is 0 Å². The maximum atomic E-state index is 11.6. The molecule has 8 heteroatoms. The van der Waals surface area contributed by atoms with Crippen LogP contribution in [0.3, 0.4) is 0 Å². The van der Waals surface area contributed by atoms with E-state index in [9.17, 15) is 13.2 Å². The Morgan fingerprint density at radius 3 is 2.45 bits per heavy atom. The maximum Gasteiger partial charge on any atom is 0.304 e. The Bertz CT molecular complexity index is 525. The summed E-state index contributed by atoms with van der Waals surface area (Å²) < 4.78 is 35.6. The van der Waals surface area contributed by atoms with E-state index in [1.165, 1.54) is 0 Å². The van der Waals surface area contributed by atoms with Crippen LogP contribution in [0.5, 0.6) is 5.75 Å². The van der Waals surface area contributed by atoms with Crippen LogP contribution in [0.1, 0.15) is 6.42 Å². The zero-order chi connectivity index (χ0) is 15.0. The summed E-state index contributed by atoms with van der Waals surface area (Å²) in [6.45, 7) is 0.865. The van der Waals surface area contributed by atoms with Crippen LogP contribution >= 0.6 is 0 Å². The highest BCUT2D eigenvalue weighted by molar-refractivity contribution is 7.92. The van der Waals surface area contributed by atoms with Gasteiger partial charge in [0, 0.05) is 12.8 Å². The topological polar surface area (TPSA) is 102 Å². The summed E-state index contributed by atoms with van der Waals surface area (Å²) >= 11 is 0. The molecule has 0 radical (unpaired) electrons. The van der Waals surface area contributed by atoms with E-state index < -0.39 is 28.2 Å². The Hall–Kier alpha value is -1.80. The van der Waals surface area contributed by atoms with E-state index in [1.807, 2.05) is 0 Å². The first kappa shape index (κ1) is 16.3. The van der Waals surface area contributed by atoms with Gasteiger partial charge in [-0.15, -0.1) is 0 Å². The number of benzene rings is 1. The summed E-state index contributed by atoms with van der Waals surface area (Å²) in [5.74, 6) is -1.03. The predicted octanol–water partition coefficient (Wildman–Crippen LogP) is 0.928. The van der Waals surface area contributed by atoms with Crippen LogP contribution in [0, 0.1) is 0 Å². The number of rotatable bonds is 9. The Kier molecular flexibility index (Phi) is 6.26. The molecular weight excluding hydrogens is 286 g/mol. The minimum atomic E-state index is -3.66. The van der Waals surface area contributed by atoms with E-state index in [2.05, 4.69) is 4.72 Å². The molecule has 0 heterocycles. The van der Waals surface area contributed by atoms with Gasteiger partial charge in [-0.1, -0.05) is 0 Å². The molecule has 0 aliphatic rings. The molecular formula is C12H17NO6S. The first-order valence-corrected chi connectivity index (χ1v) is 7.52. The normalized spacial score (nSPS) is 11.1. The zero-order valence-corrected chi connectivity index (χ0v) is 11.9. The van der Waals surface area contributed by atoms with Gasteiger partial charge < -0.3 is 14.6 Å². The largest absolute Gasteiger partial charge is 0.491 e. The molecule has 1 rings (SSSR count). The third-order valence-corrected chi connectivity index (χ3v) is 3.56. The third-order valence-electron chi connectivity index (χ3n) is 2.27. The molecule has 0 aliphatic heterocycles. The molecule has 0 saturated carbocycles. The summed E-state index contributed by atoms with van der Waals surface area (Å²) in [7, 11) is -2.09. The Morgan fingerprint density at radius 1 is 1.25 bits per heavy atom. The smallest absolute Gasteiger partial charge is 0.304 e. The molecule has 0 aliphatic carbocycles. The van der Waals surface area contributed by atoms with E-state index in [-0.39, 0.29) is 0 Å². The molecule has 0 aromatic heterocycles. The molecule has 0 atom stereocenters. The molecule has 2 N–H and O–H groups in total. The fourth-order valence-corrected chi connectivity index (χ4v) is 2.35. The lowest BCUT2D eigenvalue weighted by Gasteiger charge is -2.09. The quantitative estimate of drug-likeness (QED) is 0.658. The molecule has 1 aromatic carbocycles. The van der Waals surface area contributed by atoms with Crippen molar-refractivity contribution in [3.8, 4) is 5.75 Å². The van der Waals surface area contributed by atoms with E-state index in [0.29, 0.717) is 24.7 Å². The number of anilines is 1. The van der Waals surface area contributed by atoms with Crippen molar-refractivity contribution in [1.29, 1.82) is 0 Å². The van der Waals surface area contributed by atoms with Gasteiger partial charge >= 0.3 is 5.97 Å². The molecule has 0 fully saturated rings. The molecule has 20 heavy (non-hydrogen) atoms. The summed E-state index contributed by atoms with van der Waals surface area (Å²) in [5, 5.41) is 8.46. The molecule has 1 aromatic rings. The fourth-order valence-electron chi connectivity index (χ4n) is 1.31. The Morgan fingerprint density at radius 2 is 1.90 bits per heavy atom. The number of aliphatic carboxylic acids is 1. The first-order chi connectivity index (χ1) is 9.43. The van der Waals surface area contributed by atoms with Crippen molar-refractivity contribution in [2.75, 3.05) is 30.8 Å². The number of hydrogen-bond donors (Lipinski definition) is 2. The highest BCUT2D eigenvalue weighted by atomic mass is 32.2. The highest BCUT2D eigenvalue weighted by Crippen LogP contribution is 2.16.